The third-order valence-electron chi connectivity index (χ3n) is 6.72. The van der Waals surface area contributed by atoms with E-state index in [1.165, 1.54) is 32.1 Å². The predicted octanol–water partition coefficient (Wildman–Crippen LogP) is 6.42. The Bertz CT molecular complexity index is 1620. The number of halogens is 4. The van der Waals surface area contributed by atoms with Gasteiger partial charge in [-0.1, -0.05) is 31.5 Å². The van der Waals surface area contributed by atoms with Crippen LogP contribution in [0.15, 0.2) is 23.0 Å². The zero-order chi connectivity index (χ0) is 28.4. The lowest BCUT2D eigenvalue weighted by Crippen LogP contribution is -2.22. The summed E-state index contributed by atoms with van der Waals surface area (Å²) in [6, 6.07) is 6.07. The number of nitrogens with one attached hydrogen (secondary N) is 1. The van der Waals surface area contributed by atoms with E-state index in [4.69, 9.17) is 22.1 Å². The van der Waals surface area contributed by atoms with Gasteiger partial charge in [0.05, 0.1) is 27.8 Å². The van der Waals surface area contributed by atoms with E-state index in [1.807, 2.05) is 19.9 Å². The summed E-state index contributed by atoms with van der Waals surface area (Å²) in [6.45, 7) is 5.86. The minimum absolute atomic E-state index is 0.0292. The number of benzene rings is 2. The second-order valence-electron chi connectivity index (χ2n) is 8.89. The summed E-state index contributed by atoms with van der Waals surface area (Å²) >= 11 is 7.16. The largest absolute Gasteiger partial charge is 0.468 e. The van der Waals surface area contributed by atoms with Crippen molar-refractivity contribution in [2.24, 2.45) is 0 Å². The number of ether oxygens (including phenoxy) is 1. The topological polar surface area (TPSA) is 108 Å². The second kappa shape index (κ2) is 11.8. The van der Waals surface area contributed by atoms with Crippen LogP contribution in [-0.4, -0.2) is 47.3 Å². The van der Waals surface area contributed by atoms with E-state index in [0.717, 1.165) is 30.4 Å². The normalized spacial score (nSPS) is 18.2. The van der Waals surface area contributed by atoms with Gasteiger partial charge in [-0.15, -0.1) is 11.3 Å². The molecule has 2 saturated heterocycles. The van der Waals surface area contributed by atoms with E-state index in [1.54, 1.807) is 0 Å². The van der Waals surface area contributed by atoms with Crippen molar-refractivity contribution in [1.82, 2.24) is 14.9 Å². The molecule has 2 fully saturated rings. The SMILES string of the molecule is CC.COc1nc2c(F)c(-c3ccc(F)c4sc(N)c(C#N)c34)c(Cl)cc2c(=O)[nH]1.FC1CC2CCCN2C1. The molecular weight excluding hydrogens is 551 g/mol. The quantitative estimate of drug-likeness (QED) is 0.285. The number of hydrogen-bond acceptors (Lipinski definition) is 7. The Morgan fingerprint density at radius 1 is 1.33 bits per heavy atom. The summed E-state index contributed by atoms with van der Waals surface area (Å²) in [4.78, 5) is 20.8. The van der Waals surface area contributed by atoms with E-state index >= 15 is 4.39 Å². The number of H-pyrrole nitrogens is 1. The van der Waals surface area contributed by atoms with Crippen LogP contribution in [0.3, 0.4) is 0 Å². The molecule has 206 valence electrons. The number of methoxy groups -OCH3 is 1. The van der Waals surface area contributed by atoms with Crippen molar-refractivity contribution in [2.45, 2.75) is 45.3 Å². The molecule has 7 nitrogen and oxygen atoms in total. The fourth-order valence-electron chi connectivity index (χ4n) is 5.06. The van der Waals surface area contributed by atoms with Crippen molar-refractivity contribution in [2.75, 3.05) is 25.9 Å². The van der Waals surface area contributed by atoms with Crippen LogP contribution in [0.4, 0.5) is 18.2 Å². The molecule has 39 heavy (non-hydrogen) atoms. The van der Waals surface area contributed by atoms with Crippen LogP contribution < -0.4 is 16.0 Å². The smallest absolute Gasteiger partial charge is 0.296 e. The van der Waals surface area contributed by atoms with Crippen molar-refractivity contribution < 1.29 is 17.9 Å². The maximum absolute atomic E-state index is 15.4. The number of nitrogens with two attached hydrogens (primary N) is 1. The average Bonchev–Trinajstić information content (AvgIpc) is 3.60. The molecule has 0 saturated carbocycles. The Hall–Kier alpha value is -3.33. The van der Waals surface area contributed by atoms with Crippen molar-refractivity contribution in [3.63, 3.8) is 0 Å². The van der Waals surface area contributed by atoms with Crippen molar-refractivity contribution in [1.29, 1.82) is 5.26 Å². The molecule has 3 N–H and O–H groups in total. The Kier molecular flexibility index (Phi) is 8.69. The number of alkyl halides is 1. The molecule has 6 rings (SSSR count). The maximum atomic E-state index is 15.4. The first-order valence-corrected chi connectivity index (χ1v) is 13.7. The molecular formula is C27H27ClF3N5O2S. The number of nitrogens with zero attached hydrogens (tertiary/aromatic N) is 3. The van der Waals surface area contributed by atoms with Crippen molar-refractivity contribution >= 4 is 48.9 Å². The second-order valence-corrected chi connectivity index (χ2v) is 10.4. The summed E-state index contributed by atoms with van der Waals surface area (Å²) in [6.07, 6.45) is 2.81. The van der Waals surface area contributed by atoms with Crippen LogP contribution in [0.1, 0.15) is 38.7 Å². The van der Waals surface area contributed by atoms with Crippen LogP contribution >= 0.6 is 22.9 Å². The van der Waals surface area contributed by atoms with Crippen LogP contribution in [0.2, 0.25) is 5.02 Å². The van der Waals surface area contributed by atoms with Gasteiger partial charge in [0.25, 0.3) is 11.6 Å². The monoisotopic (exact) mass is 577 g/mol. The highest BCUT2D eigenvalue weighted by atomic mass is 35.5. The number of aromatic nitrogens is 2. The first-order valence-electron chi connectivity index (χ1n) is 12.5. The van der Waals surface area contributed by atoms with E-state index in [2.05, 4.69) is 14.9 Å². The highest BCUT2D eigenvalue weighted by molar-refractivity contribution is 7.23. The molecule has 0 aliphatic carbocycles. The fraction of sp³-hybridized carbons (Fsp3) is 0.370. The van der Waals surface area contributed by atoms with E-state index in [9.17, 15) is 18.8 Å². The Morgan fingerprint density at radius 2 is 2.08 bits per heavy atom. The van der Waals surface area contributed by atoms with Crippen molar-refractivity contribution in [3.05, 3.63) is 50.8 Å². The number of fused-ring (bicyclic) bond motifs is 3. The Labute approximate surface area is 232 Å². The molecule has 0 radical (unpaired) electrons. The van der Waals surface area contributed by atoms with Gasteiger partial charge in [0.15, 0.2) is 5.82 Å². The lowest BCUT2D eigenvalue weighted by atomic mass is 9.97. The predicted molar refractivity (Wildman–Crippen MR) is 149 cm³/mol. The molecule has 2 aromatic carbocycles. The molecule has 12 heteroatoms. The van der Waals surface area contributed by atoms with Gasteiger partial charge in [0, 0.05) is 23.5 Å². The van der Waals surface area contributed by atoms with Gasteiger partial charge in [-0.25, -0.2) is 13.2 Å². The van der Waals surface area contributed by atoms with Gasteiger partial charge >= 0.3 is 0 Å². The molecule has 2 atom stereocenters. The van der Waals surface area contributed by atoms with Crippen molar-refractivity contribution in [3.8, 4) is 23.2 Å². The number of hydrogen-bond donors (Lipinski definition) is 2. The molecule has 0 bridgehead atoms. The van der Waals surface area contributed by atoms with Gasteiger partial charge in [-0.2, -0.15) is 10.2 Å². The first kappa shape index (κ1) is 28.7. The van der Waals surface area contributed by atoms with Gasteiger partial charge in [0.1, 0.15) is 28.6 Å². The number of rotatable bonds is 2. The summed E-state index contributed by atoms with van der Waals surface area (Å²) in [7, 11) is 1.27. The number of nitriles is 1. The zero-order valence-corrected chi connectivity index (χ0v) is 23.2. The summed E-state index contributed by atoms with van der Waals surface area (Å²) in [5, 5.41) is 9.53. The highest BCUT2D eigenvalue weighted by Crippen LogP contribution is 2.44. The molecule has 0 amide bonds. The molecule has 4 aromatic rings. The van der Waals surface area contributed by atoms with Crippen LogP contribution in [-0.2, 0) is 0 Å². The van der Waals surface area contributed by atoms with Gasteiger partial charge in [-0.3, -0.25) is 14.7 Å². The fourth-order valence-corrected chi connectivity index (χ4v) is 6.31. The number of anilines is 1. The highest BCUT2D eigenvalue weighted by Gasteiger charge is 2.34. The molecule has 2 aliphatic heterocycles. The van der Waals surface area contributed by atoms with E-state index in [0.29, 0.717) is 12.6 Å². The number of thiophene rings is 1. The maximum Gasteiger partial charge on any atom is 0.296 e. The van der Waals surface area contributed by atoms with Crippen LogP contribution in [0.5, 0.6) is 6.01 Å². The molecule has 2 unspecified atom stereocenters. The van der Waals surface area contributed by atoms with Gasteiger partial charge in [-0.05, 0) is 43.5 Å². The zero-order valence-electron chi connectivity index (χ0n) is 21.6. The standard InChI is InChI=1S/C18H9ClF2N4O2S.C7H12FN.C2H6/c1-27-18-24-14-7(17(26)25-18)4-9(19)12(13(14)21)6-2-3-10(20)15-11(6)8(5-22)16(23)28-15;8-6-4-7-2-1-3-9(7)5-6;1-2/h2-4H,23H2,1H3,(H,24,25,26);6-7H,1-5H2;1-2H3. The van der Waals surface area contributed by atoms with E-state index in [-0.39, 0.29) is 53.7 Å². The minimum atomic E-state index is -0.895. The van der Waals surface area contributed by atoms with Crippen LogP contribution in [0.25, 0.3) is 32.1 Å². The summed E-state index contributed by atoms with van der Waals surface area (Å²) < 4.78 is 47.3. The van der Waals surface area contributed by atoms with Crippen LogP contribution in [0, 0.1) is 23.0 Å². The Morgan fingerprint density at radius 3 is 2.74 bits per heavy atom. The lowest BCUT2D eigenvalue weighted by molar-refractivity contribution is 0.292. The minimum Gasteiger partial charge on any atom is -0.468 e. The average molecular weight is 578 g/mol. The summed E-state index contributed by atoms with van der Waals surface area (Å²) in [5.41, 5.74) is 5.02. The number of nitrogen functional groups attached to an aromatic ring is 1. The summed E-state index contributed by atoms with van der Waals surface area (Å²) in [5.74, 6) is -1.49. The molecule has 4 heterocycles. The molecule has 0 spiro atoms. The first-order chi connectivity index (χ1) is 18.7. The van der Waals surface area contributed by atoms with Gasteiger partial charge in [0.2, 0.25) is 0 Å². The molecule has 2 aliphatic rings. The Balaban J connectivity index is 0.000000267. The number of aromatic amines is 1. The third-order valence-corrected chi connectivity index (χ3v) is 8.05. The van der Waals surface area contributed by atoms with E-state index < -0.39 is 23.4 Å². The third kappa shape index (κ3) is 5.29. The lowest BCUT2D eigenvalue weighted by Gasteiger charge is -2.11. The molecule has 2 aromatic heterocycles. The van der Waals surface area contributed by atoms with Gasteiger partial charge < -0.3 is 10.5 Å².